The zero-order chi connectivity index (χ0) is 9.23. The second-order valence-electron chi connectivity index (χ2n) is 2.82. The van der Waals surface area contributed by atoms with Crippen LogP contribution in [0.25, 0.3) is 0 Å². The second kappa shape index (κ2) is 8.71. The van der Waals surface area contributed by atoms with E-state index in [1.54, 1.807) is 7.11 Å². The van der Waals surface area contributed by atoms with Gasteiger partial charge in [0.25, 0.3) is 0 Å². The fourth-order valence-electron chi connectivity index (χ4n) is 0.921. The molecule has 0 bridgehead atoms. The minimum absolute atomic E-state index is 0.631. The van der Waals surface area contributed by atoms with Crippen LogP contribution >= 0.6 is 0 Å². The van der Waals surface area contributed by atoms with E-state index in [1.165, 1.54) is 0 Å². The van der Waals surface area contributed by atoms with Gasteiger partial charge in [-0.1, -0.05) is 12.2 Å². The number of nitrogens with zero attached hydrogens (tertiary/aromatic N) is 1. The minimum Gasteiger partial charge on any atom is -0.385 e. The van der Waals surface area contributed by atoms with Gasteiger partial charge in [0.2, 0.25) is 0 Å². The number of nitrogens with two attached hydrogens (primary N) is 1. The molecule has 0 atom stereocenters. The Kier molecular flexibility index (Phi) is 8.44. The maximum atomic E-state index is 5.31. The third-order valence-electron chi connectivity index (χ3n) is 1.61. The molecule has 2 N–H and O–H groups in total. The van der Waals surface area contributed by atoms with E-state index in [0.29, 0.717) is 6.54 Å². The van der Waals surface area contributed by atoms with Crippen molar-refractivity contribution in [1.82, 2.24) is 4.90 Å². The molecule has 0 saturated heterocycles. The van der Waals surface area contributed by atoms with Crippen LogP contribution in [0.15, 0.2) is 12.2 Å². The summed E-state index contributed by atoms with van der Waals surface area (Å²) in [6, 6.07) is 0. The smallest absolute Gasteiger partial charge is 0.0474 e. The summed E-state index contributed by atoms with van der Waals surface area (Å²) >= 11 is 0. The molecule has 0 fully saturated rings. The zero-order valence-corrected chi connectivity index (χ0v) is 8.12. The van der Waals surface area contributed by atoms with Crippen LogP contribution in [-0.2, 0) is 4.74 Å². The van der Waals surface area contributed by atoms with Gasteiger partial charge in [-0.3, -0.25) is 0 Å². The van der Waals surface area contributed by atoms with E-state index in [9.17, 15) is 0 Å². The number of hydrogen-bond donors (Lipinski definition) is 1. The number of likely N-dealkylation sites (N-methyl/N-ethyl adjacent to an activating group) is 1. The highest BCUT2D eigenvalue weighted by molar-refractivity contribution is 4.84. The molecular formula is C9H20N2O. The first-order valence-electron chi connectivity index (χ1n) is 4.33. The van der Waals surface area contributed by atoms with Crippen LogP contribution in [-0.4, -0.2) is 45.3 Å². The fourth-order valence-corrected chi connectivity index (χ4v) is 0.921. The molecule has 0 aliphatic carbocycles. The molecule has 0 aromatic heterocycles. The van der Waals surface area contributed by atoms with Crippen LogP contribution in [0.3, 0.4) is 0 Å². The molecule has 0 aromatic carbocycles. The van der Waals surface area contributed by atoms with Gasteiger partial charge in [-0.25, -0.2) is 0 Å². The first-order chi connectivity index (χ1) is 5.81. The van der Waals surface area contributed by atoms with Gasteiger partial charge in [0.15, 0.2) is 0 Å². The van der Waals surface area contributed by atoms with E-state index in [2.05, 4.69) is 18.0 Å². The van der Waals surface area contributed by atoms with Crippen LogP contribution in [0.4, 0.5) is 0 Å². The topological polar surface area (TPSA) is 38.5 Å². The molecule has 0 saturated carbocycles. The minimum atomic E-state index is 0.631. The van der Waals surface area contributed by atoms with Crippen molar-refractivity contribution in [2.45, 2.75) is 6.42 Å². The van der Waals surface area contributed by atoms with Crippen LogP contribution in [0.2, 0.25) is 0 Å². The second-order valence-corrected chi connectivity index (χ2v) is 2.82. The Morgan fingerprint density at radius 1 is 1.42 bits per heavy atom. The van der Waals surface area contributed by atoms with E-state index in [4.69, 9.17) is 10.5 Å². The van der Waals surface area contributed by atoms with Gasteiger partial charge in [-0.15, -0.1) is 0 Å². The van der Waals surface area contributed by atoms with E-state index in [1.807, 2.05) is 6.08 Å². The Morgan fingerprint density at radius 3 is 2.75 bits per heavy atom. The number of methoxy groups -OCH3 is 1. The van der Waals surface area contributed by atoms with Gasteiger partial charge in [-0.05, 0) is 13.5 Å². The highest BCUT2D eigenvalue weighted by atomic mass is 16.5. The van der Waals surface area contributed by atoms with Gasteiger partial charge in [0.05, 0.1) is 0 Å². The van der Waals surface area contributed by atoms with E-state index < -0.39 is 0 Å². The summed E-state index contributed by atoms with van der Waals surface area (Å²) in [7, 11) is 3.82. The van der Waals surface area contributed by atoms with Gasteiger partial charge in [-0.2, -0.15) is 0 Å². The van der Waals surface area contributed by atoms with Crippen molar-refractivity contribution in [3.63, 3.8) is 0 Å². The van der Waals surface area contributed by atoms with Crippen LogP contribution in [0.5, 0.6) is 0 Å². The highest BCUT2D eigenvalue weighted by Gasteiger charge is 1.93. The molecule has 3 heteroatoms. The molecule has 0 radical (unpaired) electrons. The van der Waals surface area contributed by atoms with Crippen molar-refractivity contribution in [3.8, 4) is 0 Å². The number of ether oxygens (including phenoxy) is 1. The molecule has 72 valence electrons. The average molecular weight is 172 g/mol. The maximum absolute atomic E-state index is 5.31. The van der Waals surface area contributed by atoms with Crippen molar-refractivity contribution in [2.24, 2.45) is 5.73 Å². The van der Waals surface area contributed by atoms with Crippen molar-refractivity contribution >= 4 is 0 Å². The number of rotatable bonds is 7. The first kappa shape index (κ1) is 11.6. The molecule has 0 rings (SSSR count). The maximum Gasteiger partial charge on any atom is 0.0474 e. The van der Waals surface area contributed by atoms with E-state index in [0.717, 1.165) is 26.1 Å². The van der Waals surface area contributed by atoms with Gasteiger partial charge >= 0.3 is 0 Å². The lowest BCUT2D eigenvalue weighted by Gasteiger charge is -2.13. The summed E-state index contributed by atoms with van der Waals surface area (Å²) in [5.74, 6) is 0. The normalized spacial score (nSPS) is 11.7. The lowest BCUT2D eigenvalue weighted by molar-refractivity contribution is 0.182. The summed E-state index contributed by atoms with van der Waals surface area (Å²) in [6.45, 7) is 3.51. The Labute approximate surface area is 75.2 Å². The van der Waals surface area contributed by atoms with Crippen LogP contribution in [0, 0.1) is 0 Å². The Morgan fingerprint density at radius 2 is 2.17 bits per heavy atom. The van der Waals surface area contributed by atoms with E-state index in [-0.39, 0.29) is 0 Å². The van der Waals surface area contributed by atoms with Gasteiger partial charge in [0.1, 0.15) is 0 Å². The summed E-state index contributed by atoms with van der Waals surface area (Å²) in [6.07, 6.45) is 5.16. The largest absolute Gasteiger partial charge is 0.385 e. The van der Waals surface area contributed by atoms with Crippen molar-refractivity contribution in [2.75, 3.05) is 40.4 Å². The molecule has 0 spiro atoms. The molecule has 0 aromatic rings. The average Bonchev–Trinajstić information content (AvgIpc) is 2.06. The summed E-state index contributed by atoms with van der Waals surface area (Å²) in [5.41, 5.74) is 5.31. The molecule has 12 heavy (non-hydrogen) atoms. The first-order valence-corrected chi connectivity index (χ1v) is 4.33. The molecule has 3 nitrogen and oxygen atoms in total. The Hall–Kier alpha value is -0.380. The Bertz CT molecular complexity index is 115. The predicted octanol–water partition coefficient (Wildman–Crippen LogP) is 0.470. The van der Waals surface area contributed by atoms with Gasteiger partial charge in [0, 0.05) is 33.4 Å². The SMILES string of the molecule is COCCCN(C)CC=CCN. The summed E-state index contributed by atoms with van der Waals surface area (Å²) < 4.78 is 4.95. The highest BCUT2D eigenvalue weighted by Crippen LogP contribution is 1.88. The quantitative estimate of drug-likeness (QED) is 0.448. The lowest BCUT2D eigenvalue weighted by Crippen LogP contribution is -2.20. The molecule has 0 amide bonds. The third kappa shape index (κ3) is 7.72. The van der Waals surface area contributed by atoms with Crippen molar-refractivity contribution in [1.29, 1.82) is 0 Å². The van der Waals surface area contributed by atoms with E-state index >= 15 is 0 Å². The number of hydrogen-bond acceptors (Lipinski definition) is 3. The predicted molar refractivity (Wildman–Crippen MR) is 52.2 cm³/mol. The summed E-state index contributed by atoms with van der Waals surface area (Å²) in [5, 5.41) is 0. The molecular weight excluding hydrogens is 152 g/mol. The molecule has 0 aliphatic rings. The molecule has 0 unspecified atom stereocenters. The standard InChI is InChI=1S/C9H20N2O/c1-11(7-4-3-6-10)8-5-9-12-2/h3-4H,5-10H2,1-2H3. The Balaban J connectivity index is 3.21. The van der Waals surface area contributed by atoms with Crippen LogP contribution < -0.4 is 5.73 Å². The van der Waals surface area contributed by atoms with Crippen molar-refractivity contribution < 1.29 is 4.74 Å². The molecule has 0 aliphatic heterocycles. The fraction of sp³-hybridized carbons (Fsp3) is 0.778. The monoisotopic (exact) mass is 172 g/mol. The molecule has 0 heterocycles. The third-order valence-corrected chi connectivity index (χ3v) is 1.61. The zero-order valence-electron chi connectivity index (χ0n) is 8.12. The summed E-state index contributed by atoms with van der Waals surface area (Å²) in [4.78, 5) is 2.24. The van der Waals surface area contributed by atoms with Gasteiger partial charge < -0.3 is 15.4 Å². The van der Waals surface area contributed by atoms with Crippen molar-refractivity contribution in [3.05, 3.63) is 12.2 Å². The lowest BCUT2D eigenvalue weighted by atomic mass is 10.4. The van der Waals surface area contributed by atoms with Crippen LogP contribution in [0.1, 0.15) is 6.42 Å².